The molecular formula is C16H21N3O4. The number of nitrogens with zero attached hydrogens (tertiary/aromatic N) is 3. The van der Waals surface area contributed by atoms with Crippen LogP contribution in [0.25, 0.3) is 0 Å². The van der Waals surface area contributed by atoms with E-state index in [2.05, 4.69) is 10.1 Å². The van der Waals surface area contributed by atoms with E-state index in [0.717, 1.165) is 24.4 Å². The molecule has 0 amide bonds. The second-order valence-electron chi connectivity index (χ2n) is 5.70. The Labute approximate surface area is 134 Å². The van der Waals surface area contributed by atoms with Gasteiger partial charge < -0.3 is 18.6 Å². The number of hydrogen-bond acceptors (Lipinski definition) is 6. The Morgan fingerprint density at radius 3 is 3.00 bits per heavy atom. The number of aromatic nitrogens is 3. The molecule has 0 unspecified atom stereocenters. The van der Waals surface area contributed by atoms with E-state index in [1.54, 1.807) is 6.92 Å². The summed E-state index contributed by atoms with van der Waals surface area (Å²) in [6.45, 7) is 7.82. The number of carbonyl (C=O) groups excluding carboxylic acids is 1. The SMILES string of the molecule is CCOC(=O)c1cc(C)n(Cc2nc([C@@H]3CCOC3)no2)c1C. The van der Waals surface area contributed by atoms with Gasteiger partial charge in [0.25, 0.3) is 0 Å². The molecule has 23 heavy (non-hydrogen) atoms. The van der Waals surface area contributed by atoms with Gasteiger partial charge in [0.2, 0.25) is 5.89 Å². The topological polar surface area (TPSA) is 79.4 Å². The van der Waals surface area contributed by atoms with Gasteiger partial charge in [-0.05, 0) is 33.3 Å². The molecule has 3 heterocycles. The Balaban J connectivity index is 1.79. The van der Waals surface area contributed by atoms with Gasteiger partial charge >= 0.3 is 5.97 Å². The minimum atomic E-state index is -0.304. The molecule has 1 fully saturated rings. The zero-order chi connectivity index (χ0) is 16.4. The van der Waals surface area contributed by atoms with E-state index in [1.807, 2.05) is 24.5 Å². The summed E-state index contributed by atoms with van der Waals surface area (Å²) in [7, 11) is 0. The Morgan fingerprint density at radius 2 is 2.30 bits per heavy atom. The zero-order valence-corrected chi connectivity index (χ0v) is 13.7. The molecular weight excluding hydrogens is 298 g/mol. The van der Waals surface area contributed by atoms with Gasteiger partial charge in [0.15, 0.2) is 5.82 Å². The molecule has 0 spiro atoms. The number of aryl methyl sites for hydroxylation is 1. The van der Waals surface area contributed by atoms with Crippen molar-refractivity contribution >= 4 is 5.97 Å². The summed E-state index contributed by atoms with van der Waals surface area (Å²) < 4.78 is 17.8. The molecule has 7 nitrogen and oxygen atoms in total. The van der Waals surface area contributed by atoms with Crippen molar-refractivity contribution in [1.82, 2.24) is 14.7 Å². The molecule has 1 aliphatic heterocycles. The average molecular weight is 319 g/mol. The Morgan fingerprint density at radius 1 is 1.48 bits per heavy atom. The Hall–Kier alpha value is -2.15. The maximum atomic E-state index is 12.0. The maximum Gasteiger partial charge on any atom is 0.339 e. The highest BCUT2D eigenvalue weighted by Gasteiger charge is 2.24. The largest absolute Gasteiger partial charge is 0.462 e. The first-order chi connectivity index (χ1) is 11.1. The van der Waals surface area contributed by atoms with E-state index in [-0.39, 0.29) is 11.9 Å². The van der Waals surface area contributed by atoms with Crippen molar-refractivity contribution in [2.75, 3.05) is 19.8 Å². The molecule has 1 aliphatic rings. The van der Waals surface area contributed by atoms with E-state index in [0.29, 0.717) is 37.0 Å². The standard InChI is InChI=1S/C16H21N3O4/c1-4-22-16(20)13-7-10(2)19(11(13)3)8-14-17-15(18-23-14)12-5-6-21-9-12/h7,12H,4-6,8-9H2,1-3H3/t12-/m1/s1. The van der Waals surface area contributed by atoms with Gasteiger partial charge in [-0.15, -0.1) is 0 Å². The number of hydrogen-bond donors (Lipinski definition) is 0. The Bertz CT molecular complexity index is 698. The maximum absolute atomic E-state index is 12.0. The van der Waals surface area contributed by atoms with Crippen molar-refractivity contribution in [2.45, 2.75) is 39.7 Å². The predicted octanol–water partition coefficient (Wildman–Crippen LogP) is 2.22. The van der Waals surface area contributed by atoms with Gasteiger partial charge in [-0.2, -0.15) is 4.98 Å². The van der Waals surface area contributed by atoms with Gasteiger partial charge in [0.05, 0.1) is 18.8 Å². The normalized spacial score (nSPS) is 17.6. The third-order valence-electron chi connectivity index (χ3n) is 4.14. The lowest BCUT2D eigenvalue weighted by atomic mass is 10.1. The van der Waals surface area contributed by atoms with Gasteiger partial charge in [-0.25, -0.2) is 4.79 Å². The Kier molecular flexibility index (Phi) is 4.47. The molecule has 0 aliphatic carbocycles. The first-order valence-electron chi connectivity index (χ1n) is 7.84. The van der Waals surface area contributed by atoms with Crippen LogP contribution < -0.4 is 0 Å². The monoisotopic (exact) mass is 319 g/mol. The molecule has 3 rings (SSSR count). The van der Waals surface area contributed by atoms with Gasteiger partial charge in [-0.3, -0.25) is 0 Å². The van der Waals surface area contributed by atoms with Crippen molar-refractivity contribution in [1.29, 1.82) is 0 Å². The van der Waals surface area contributed by atoms with E-state index in [1.165, 1.54) is 0 Å². The van der Waals surface area contributed by atoms with Crippen molar-refractivity contribution in [3.8, 4) is 0 Å². The third-order valence-corrected chi connectivity index (χ3v) is 4.14. The van der Waals surface area contributed by atoms with Crippen LogP contribution in [0.15, 0.2) is 10.6 Å². The van der Waals surface area contributed by atoms with E-state index in [4.69, 9.17) is 14.0 Å². The lowest BCUT2D eigenvalue weighted by Gasteiger charge is -2.06. The number of esters is 1. The second kappa shape index (κ2) is 6.54. The van der Waals surface area contributed by atoms with Gasteiger partial charge in [-0.1, -0.05) is 5.16 Å². The summed E-state index contributed by atoms with van der Waals surface area (Å²) in [4.78, 5) is 16.4. The number of carbonyl (C=O) groups is 1. The van der Waals surface area contributed by atoms with Gasteiger partial charge in [0.1, 0.15) is 6.54 Å². The van der Waals surface area contributed by atoms with E-state index >= 15 is 0 Å². The van der Waals surface area contributed by atoms with E-state index in [9.17, 15) is 4.79 Å². The lowest BCUT2D eigenvalue weighted by molar-refractivity contribution is 0.0525. The molecule has 124 valence electrons. The predicted molar refractivity (Wildman–Crippen MR) is 81.4 cm³/mol. The van der Waals surface area contributed by atoms with Crippen LogP contribution in [0.3, 0.4) is 0 Å². The van der Waals surface area contributed by atoms with Crippen LogP contribution >= 0.6 is 0 Å². The van der Waals surface area contributed by atoms with Crippen LogP contribution in [0.4, 0.5) is 0 Å². The van der Waals surface area contributed by atoms with Crippen LogP contribution in [-0.2, 0) is 16.0 Å². The average Bonchev–Trinajstić information content (AvgIpc) is 3.24. The molecule has 7 heteroatoms. The van der Waals surface area contributed by atoms with Crippen LogP contribution in [0, 0.1) is 13.8 Å². The van der Waals surface area contributed by atoms with Crippen molar-refractivity contribution in [2.24, 2.45) is 0 Å². The van der Waals surface area contributed by atoms with Crippen molar-refractivity contribution < 1.29 is 18.8 Å². The lowest BCUT2D eigenvalue weighted by Crippen LogP contribution is -2.09. The van der Waals surface area contributed by atoms with Crippen molar-refractivity contribution in [3.05, 3.63) is 34.7 Å². The molecule has 0 aromatic carbocycles. The highest BCUT2D eigenvalue weighted by Crippen LogP contribution is 2.23. The summed E-state index contributed by atoms with van der Waals surface area (Å²) >= 11 is 0. The van der Waals surface area contributed by atoms with Crippen LogP contribution in [0.1, 0.15) is 52.7 Å². The summed E-state index contributed by atoms with van der Waals surface area (Å²) in [5.41, 5.74) is 2.37. The summed E-state index contributed by atoms with van der Waals surface area (Å²) in [6, 6.07) is 1.83. The summed E-state index contributed by atoms with van der Waals surface area (Å²) in [6.07, 6.45) is 0.924. The van der Waals surface area contributed by atoms with Crippen LogP contribution in [0.2, 0.25) is 0 Å². The number of ether oxygens (including phenoxy) is 2. The highest BCUT2D eigenvalue weighted by atomic mass is 16.5. The molecule has 2 aromatic heterocycles. The first kappa shape index (κ1) is 15.7. The second-order valence-corrected chi connectivity index (χ2v) is 5.70. The molecule has 0 bridgehead atoms. The molecule has 0 N–H and O–H groups in total. The van der Waals surface area contributed by atoms with Crippen LogP contribution in [0.5, 0.6) is 0 Å². The number of rotatable bonds is 5. The fourth-order valence-electron chi connectivity index (χ4n) is 2.83. The van der Waals surface area contributed by atoms with Crippen molar-refractivity contribution in [3.63, 3.8) is 0 Å². The fraction of sp³-hybridized carbons (Fsp3) is 0.562. The minimum absolute atomic E-state index is 0.217. The highest BCUT2D eigenvalue weighted by molar-refractivity contribution is 5.91. The van der Waals surface area contributed by atoms with Crippen LogP contribution in [-0.4, -0.2) is 40.5 Å². The third kappa shape index (κ3) is 3.14. The summed E-state index contributed by atoms with van der Waals surface area (Å²) in [5, 5.41) is 4.05. The minimum Gasteiger partial charge on any atom is -0.462 e. The fourth-order valence-corrected chi connectivity index (χ4v) is 2.83. The molecule has 0 radical (unpaired) electrons. The van der Waals surface area contributed by atoms with E-state index < -0.39 is 0 Å². The van der Waals surface area contributed by atoms with Gasteiger partial charge in [0, 0.05) is 23.9 Å². The first-order valence-corrected chi connectivity index (χ1v) is 7.84. The molecule has 0 saturated carbocycles. The molecule has 2 aromatic rings. The smallest absolute Gasteiger partial charge is 0.339 e. The quantitative estimate of drug-likeness (QED) is 0.786. The summed E-state index contributed by atoms with van der Waals surface area (Å²) in [5.74, 6) is 1.14. The molecule has 1 saturated heterocycles. The zero-order valence-electron chi connectivity index (χ0n) is 13.7. The molecule has 1 atom stereocenters.